The van der Waals surface area contributed by atoms with Crippen LogP contribution in [0.2, 0.25) is 0 Å². The molecule has 16 heavy (non-hydrogen) atoms. The van der Waals surface area contributed by atoms with Crippen molar-refractivity contribution in [2.75, 3.05) is 33.7 Å². The van der Waals surface area contributed by atoms with Crippen LogP contribution in [0.3, 0.4) is 0 Å². The number of nitrogens with two attached hydrogens (primary N) is 1. The third kappa shape index (κ3) is 4.94. The van der Waals surface area contributed by atoms with Gasteiger partial charge in [0, 0.05) is 26.6 Å². The molecule has 4 nitrogen and oxygen atoms in total. The molecule has 1 aliphatic carbocycles. The average molecular weight is 227 g/mol. The number of carbonyl (C=O) groups is 1. The molecule has 2 N–H and O–H groups in total. The minimum atomic E-state index is 0.231. The van der Waals surface area contributed by atoms with Crippen LogP contribution in [0.1, 0.15) is 32.1 Å². The van der Waals surface area contributed by atoms with E-state index in [9.17, 15) is 4.79 Å². The first-order valence-corrected chi connectivity index (χ1v) is 6.29. The molecule has 1 amide bonds. The second-order valence-corrected chi connectivity index (χ2v) is 4.80. The van der Waals surface area contributed by atoms with Crippen LogP contribution < -0.4 is 5.73 Å². The highest BCUT2D eigenvalue weighted by Crippen LogP contribution is 2.27. The molecule has 0 spiro atoms. The zero-order valence-electron chi connectivity index (χ0n) is 10.6. The number of amides is 1. The molecular weight excluding hydrogens is 202 g/mol. The SMILES string of the molecule is CN(C)C(=O)CCCN(CCCN)C1CC1. The predicted octanol–water partition coefficient (Wildman–Crippen LogP) is 0.668. The fourth-order valence-electron chi connectivity index (χ4n) is 1.87. The molecule has 1 aliphatic rings. The van der Waals surface area contributed by atoms with Crippen LogP contribution in [0.25, 0.3) is 0 Å². The Hall–Kier alpha value is -0.610. The maximum Gasteiger partial charge on any atom is 0.222 e. The summed E-state index contributed by atoms with van der Waals surface area (Å²) in [5.74, 6) is 0.231. The number of carbonyl (C=O) groups excluding carboxylic acids is 1. The second kappa shape index (κ2) is 6.86. The number of rotatable bonds is 8. The summed E-state index contributed by atoms with van der Waals surface area (Å²) in [5, 5.41) is 0. The molecule has 0 unspecified atom stereocenters. The molecule has 0 atom stereocenters. The largest absolute Gasteiger partial charge is 0.349 e. The average Bonchev–Trinajstić information content (AvgIpc) is 3.06. The summed E-state index contributed by atoms with van der Waals surface area (Å²) in [7, 11) is 3.63. The Morgan fingerprint density at radius 2 is 1.88 bits per heavy atom. The molecule has 1 rings (SSSR count). The van der Waals surface area contributed by atoms with Gasteiger partial charge in [-0.25, -0.2) is 0 Å². The first kappa shape index (κ1) is 13.5. The van der Waals surface area contributed by atoms with Gasteiger partial charge < -0.3 is 15.5 Å². The van der Waals surface area contributed by atoms with Crippen molar-refractivity contribution in [2.24, 2.45) is 5.73 Å². The summed E-state index contributed by atoms with van der Waals surface area (Å²) in [6.45, 7) is 2.90. The van der Waals surface area contributed by atoms with Crippen molar-refractivity contribution >= 4 is 5.91 Å². The van der Waals surface area contributed by atoms with Crippen molar-refractivity contribution in [1.29, 1.82) is 0 Å². The molecule has 0 bridgehead atoms. The maximum atomic E-state index is 11.4. The highest BCUT2D eigenvalue weighted by atomic mass is 16.2. The topological polar surface area (TPSA) is 49.6 Å². The Bertz CT molecular complexity index is 214. The Labute approximate surface area is 98.8 Å². The molecule has 94 valence electrons. The van der Waals surface area contributed by atoms with Crippen molar-refractivity contribution in [1.82, 2.24) is 9.80 Å². The number of hydrogen-bond donors (Lipinski definition) is 1. The van der Waals surface area contributed by atoms with Gasteiger partial charge in [0.2, 0.25) is 5.91 Å². The molecular formula is C12H25N3O. The maximum absolute atomic E-state index is 11.4. The van der Waals surface area contributed by atoms with E-state index in [1.807, 2.05) is 14.1 Å². The van der Waals surface area contributed by atoms with E-state index in [2.05, 4.69) is 4.90 Å². The first-order chi connectivity index (χ1) is 7.65. The monoisotopic (exact) mass is 227 g/mol. The highest BCUT2D eigenvalue weighted by Gasteiger charge is 2.27. The molecule has 1 fully saturated rings. The van der Waals surface area contributed by atoms with Crippen molar-refractivity contribution in [3.63, 3.8) is 0 Å². The third-order valence-corrected chi connectivity index (χ3v) is 3.05. The van der Waals surface area contributed by atoms with Crippen LogP contribution in [-0.4, -0.2) is 55.5 Å². The van der Waals surface area contributed by atoms with Gasteiger partial charge in [-0.15, -0.1) is 0 Å². The fraction of sp³-hybridized carbons (Fsp3) is 0.917. The summed E-state index contributed by atoms with van der Waals surface area (Å²) < 4.78 is 0. The molecule has 0 aromatic carbocycles. The zero-order valence-corrected chi connectivity index (χ0v) is 10.6. The van der Waals surface area contributed by atoms with Crippen LogP contribution in [0.15, 0.2) is 0 Å². The molecule has 0 heterocycles. The molecule has 0 radical (unpaired) electrons. The Balaban J connectivity index is 2.14. The zero-order chi connectivity index (χ0) is 12.0. The third-order valence-electron chi connectivity index (χ3n) is 3.05. The summed E-state index contributed by atoms with van der Waals surface area (Å²) in [5.41, 5.74) is 5.53. The van der Waals surface area contributed by atoms with E-state index >= 15 is 0 Å². The van der Waals surface area contributed by atoms with E-state index in [1.54, 1.807) is 4.90 Å². The van der Waals surface area contributed by atoms with Gasteiger partial charge in [-0.05, 0) is 45.3 Å². The summed E-state index contributed by atoms with van der Waals surface area (Å²) in [6.07, 6.45) is 5.35. The minimum Gasteiger partial charge on any atom is -0.349 e. The van der Waals surface area contributed by atoms with E-state index in [0.29, 0.717) is 6.42 Å². The van der Waals surface area contributed by atoms with Gasteiger partial charge in [0.1, 0.15) is 0 Å². The van der Waals surface area contributed by atoms with Gasteiger partial charge >= 0.3 is 0 Å². The standard InChI is InChI=1S/C12H25N3O/c1-14(2)12(16)5-3-9-15(10-4-8-13)11-6-7-11/h11H,3-10,13H2,1-2H3. The lowest BCUT2D eigenvalue weighted by Gasteiger charge is -2.21. The molecule has 0 aromatic heterocycles. The Kier molecular flexibility index (Phi) is 5.77. The molecule has 0 aliphatic heterocycles. The van der Waals surface area contributed by atoms with Crippen LogP contribution in [0, 0.1) is 0 Å². The van der Waals surface area contributed by atoms with Gasteiger partial charge in [-0.1, -0.05) is 0 Å². The lowest BCUT2D eigenvalue weighted by molar-refractivity contribution is -0.128. The smallest absolute Gasteiger partial charge is 0.222 e. The first-order valence-electron chi connectivity index (χ1n) is 6.29. The normalized spacial score (nSPS) is 15.5. The summed E-state index contributed by atoms with van der Waals surface area (Å²) in [4.78, 5) is 15.6. The number of nitrogens with zero attached hydrogens (tertiary/aromatic N) is 2. The Morgan fingerprint density at radius 1 is 1.25 bits per heavy atom. The van der Waals surface area contributed by atoms with Crippen molar-refractivity contribution in [2.45, 2.75) is 38.1 Å². The van der Waals surface area contributed by atoms with Crippen LogP contribution in [0.4, 0.5) is 0 Å². The van der Waals surface area contributed by atoms with Gasteiger partial charge in [0.05, 0.1) is 0 Å². The minimum absolute atomic E-state index is 0.231. The highest BCUT2D eigenvalue weighted by molar-refractivity contribution is 5.75. The summed E-state index contributed by atoms with van der Waals surface area (Å²) >= 11 is 0. The van der Waals surface area contributed by atoms with Crippen LogP contribution in [0.5, 0.6) is 0 Å². The van der Waals surface area contributed by atoms with Crippen LogP contribution in [-0.2, 0) is 4.79 Å². The van der Waals surface area contributed by atoms with E-state index in [4.69, 9.17) is 5.73 Å². The van der Waals surface area contributed by atoms with Gasteiger partial charge in [-0.2, -0.15) is 0 Å². The van der Waals surface area contributed by atoms with Crippen LogP contribution >= 0.6 is 0 Å². The van der Waals surface area contributed by atoms with E-state index in [1.165, 1.54) is 12.8 Å². The quantitative estimate of drug-likeness (QED) is 0.663. The van der Waals surface area contributed by atoms with E-state index in [-0.39, 0.29) is 5.91 Å². The van der Waals surface area contributed by atoms with Gasteiger partial charge in [0.25, 0.3) is 0 Å². The second-order valence-electron chi connectivity index (χ2n) is 4.80. The van der Waals surface area contributed by atoms with E-state index < -0.39 is 0 Å². The predicted molar refractivity (Wildman–Crippen MR) is 66.2 cm³/mol. The van der Waals surface area contributed by atoms with Crippen molar-refractivity contribution in [3.05, 3.63) is 0 Å². The molecule has 0 saturated heterocycles. The number of hydrogen-bond acceptors (Lipinski definition) is 3. The fourth-order valence-corrected chi connectivity index (χ4v) is 1.87. The Morgan fingerprint density at radius 3 is 2.38 bits per heavy atom. The molecule has 4 heteroatoms. The molecule has 0 aromatic rings. The van der Waals surface area contributed by atoms with Crippen molar-refractivity contribution in [3.8, 4) is 0 Å². The lowest BCUT2D eigenvalue weighted by atomic mass is 10.2. The lowest BCUT2D eigenvalue weighted by Crippen LogP contribution is -2.30. The van der Waals surface area contributed by atoms with E-state index in [0.717, 1.165) is 38.5 Å². The van der Waals surface area contributed by atoms with Crippen molar-refractivity contribution < 1.29 is 4.79 Å². The molecule has 1 saturated carbocycles. The van der Waals surface area contributed by atoms with Gasteiger partial charge in [0.15, 0.2) is 0 Å². The van der Waals surface area contributed by atoms with Gasteiger partial charge in [-0.3, -0.25) is 4.79 Å². The summed E-state index contributed by atoms with van der Waals surface area (Å²) in [6, 6.07) is 0.779.